The number of hydrogen-bond acceptors (Lipinski definition) is 5. The van der Waals surface area contributed by atoms with E-state index in [0.29, 0.717) is 58.6 Å². The lowest BCUT2D eigenvalue weighted by Gasteiger charge is -2.44. The number of hydrogen-bond donors (Lipinski definition) is 1. The van der Waals surface area contributed by atoms with Crippen LogP contribution < -0.4 is 14.8 Å². The molecule has 0 amide bonds. The number of carbonyl (C=O) groups is 2. The van der Waals surface area contributed by atoms with E-state index in [1.165, 1.54) is 0 Å². The fourth-order valence-corrected chi connectivity index (χ4v) is 7.06. The molecule has 0 saturated heterocycles. The molecule has 0 spiro atoms. The first-order chi connectivity index (χ1) is 19.8. The van der Waals surface area contributed by atoms with Crippen LogP contribution in [-0.2, 0) is 22.6 Å². The highest BCUT2D eigenvalue weighted by Crippen LogP contribution is 2.52. The van der Waals surface area contributed by atoms with Gasteiger partial charge in [-0.25, -0.2) is 0 Å². The molecule has 1 heterocycles. The summed E-state index contributed by atoms with van der Waals surface area (Å²) >= 11 is 12.5. The molecule has 5 rings (SSSR count). The fourth-order valence-electron chi connectivity index (χ4n) is 6.59. The van der Waals surface area contributed by atoms with Crippen LogP contribution in [0.25, 0.3) is 0 Å². The molecule has 2 aliphatic carbocycles. The fraction of sp³-hybridized carbons (Fsp3) is 0.429. The molecule has 2 aromatic carbocycles. The van der Waals surface area contributed by atoms with Crippen LogP contribution in [0.1, 0.15) is 82.9 Å². The zero-order valence-corrected chi connectivity index (χ0v) is 26.6. The normalized spacial score (nSPS) is 19.7. The molecule has 42 heavy (non-hydrogen) atoms. The molecule has 0 aromatic heterocycles. The summed E-state index contributed by atoms with van der Waals surface area (Å²) in [5, 5.41) is 4.67. The molecule has 0 bridgehead atoms. The number of ketones is 2. The van der Waals surface area contributed by atoms with Crippen molar-refractivity contribution in [2.45, 2.75) is 79.2 Å². The second-order valence-corrected chi connectivity index (χ2v) is 14.0. The Morgan fingerprint density at radius 3 is 2.07 bits per heavy atom. The van der Waals surface area contributed by atoms with Crippen molar-refractivity contribution in [1.82, 2.24) is 5.32 Å². The summed E-state index contributed by atoms with van der Waals surface area (Å²) in [5.41, 5.74) is 5.48. The van der Waals surface area contributed by atoms with Crippen LogP contribution in [0.15, 0.2) is 65.5 Å². The SMILES string of the molecule is C=CCc1cc(C2C3=C(CC(C)(C)CC3=O)NC3=C2C(=O)CC(C)(C)C3)cc(OCC)c1OCc1ccc(Cl)cc1Cl. The second-order valence-electron chi connectivity index (χ2n) is 13.2. The zero-order chi connectivity index (χ0) is 30.4. The van der Waals surface area contributed by atoms with E-state index in [-0.39, 0.29) is 29.0 Å². The molecule has 7 heteroatoms. The molecule has 0 atom stereocenters. The molecule has 5 nitrogen and oxygen atoms in total. The third kappa shape index (κ3) is 6.05. The molecule has 0 radical (unpaired) electrons. The lowest BCUT2D eigenvalue weighted by molar-refractivity contribution is -0.119. The van der Waals surface area contributed by atoms with Gasteiger partial charge in [0.05, 0.1) is 6.61 Å². The molecule has 1 aliphatic heterocycles. The van der Waals surface area contributed by atoms with Gasteiger partial charge in [-0.2, -0.15) is 0 Å². The maximum atomic E-state index is 13.8. The van der Waals surface area contributed by atoms with Crippen molar-refractivity contribution in [3.63, 3.8) is 0 Å². The Morgan fingerprint density at radius 1 is 0.905 bits per heavy atom. The van der Waals surface area contributed by atoms with Crippen molar-refractivity contribution >= 4 is 34.8 Å². The van der Waals surface area contributed by atoms with Crippen molar-refractivity contribution in [1.29, 1.82) is 0 Å². The molecular weight excluding hydrogens is 569 g/mol. The lowest BCUT2D eigenvalue weighted by atomic mass is 9.64. The van der Waals surface area contributed by atoms with Crippen molar-refractivity contribution in [3.8, 4) is 11.5 Å². The van der Waals surface area contributed by atoms with E-state index in [1.54, 1.807) is 12.1 Å². The first-order valence-electron chi connectivity index (χ1n) is 14.6. The van der Waals surface area contributed by atoms with Gasteiger partial charge in [-0.05, 0) is 60.8 Å². The standard InChI is InChI=1S/C35H39Cl2NO4/c1-7-9-20-12-22(13-29(41-8-2)33(20)42-19-21-10-11-23(36)14-24(21)37)30-31-25(15-34(3,4)17-27(31)39)38-26-16-35(5,6)18-28(40)32(26)30/h7,10-14,30,38H,1,8-9,15-19H2,2-6H3. The van der Waals surface area contributed by atoms with E-state index in [4.69, 9.17) is 32.7 Å². The number of halogens is 2. The van der Waals surface area contributed by atoms with Crippen molar-refractivity contribution in [2.75, 3.05) is 6.61 Å². The highest BCUT2D eigenvalue weighted by Gasteiger charge is 2.46. The van der Waals surface area contributed by atoms with Gasteiger partial charge in [-0.3, -0.25) is 9.59 Å². The minimum atomic E-state index is -0.467. The predicted octanol–water partition coefficient (Wildman–Crippen LogP) is 8.67. The molecule has 0 fully saturated rings. The summed E-state index contributed by atoms with van der Waals surface area (Å²) in [4.78, 5) is 27.6. The number of benzene rings is 2. The molecule has 2 aromatic rings. The Kier molecular flexibility index (Phi) is 8.39. The summed E-state index contributed by atoms with van der Waals surface area (Å²) in [6, 6.07) is 9.31. The Morgan fingerprint density at radius 2 is 1.52 bits per heavy atom. The summed E-state index contributed by atoms with van der Waals surface area (Å²) < 4.78 is 12.5. The van der Waals surface area contributed by atoms with Gasteiger partial charge < -0.3 is 14.8 Å². The van der Waals surface area contributed by atoms with Gasteiger partial charge >= 0.3 is 0 Å². The quantitative estimate of drug-likeness (QED) is 0.304. The van der Waals surface area contributed by atoms with Gasteiger partial charge in [-0.15, -0.1) is 6.58 Å². The molecular formula is C35H39Cl2NO4. The lowest BCUT2D eigenvalue weighted by Crippen LogP contribution is -2.42. The van der Waals surface area contributed by atoms with Gasteiger partial charge in [-0.1, -0.05) is 69.1 Å². The third-order valence-corrected chi connectivity index (χ3v) is 8.84. The predicted molar refractivity (Wildman–Crippen MR) is 168 cm³/mol. The molecule has 222 valence electrons. The smallest absolute Gasteiger partial charge is 0.165 e. The summed E-state index contributed by atoms with van der Waals surface area (Å²) in [6.45, 7) is 15.0. The summed E-state index contributed by atoms with van der Waals surface area (Å²) in [6.07, 6.45) is 4.70. The monoisotopic (exact) mass is 607 g/mol. The largest absolute Gasteiger partial charge is 0.490 e. The van der Waals surface area contributed by atoms with E-state index in [2.05, 4.69) is 39.6 Å². The zero-order valence-electron chi connectivity index (χ0n) is 25.1. The highest BCUT2D eigenvalue weighted by molar-refractivity contribution is 6.35. The number of carbonyl (C=O) groups excluding carboxylic acids is 2. The van der Waals surface area contributed by atoms with Gasteiger partial charge in [0.15, 0.2) is 23.1 Å². The Labute approximate surface area is 259 Å². The van der Waals surface area contributed by atoms with Gasteiger partial charge in [0.1, 0.15) is 6.61 Å². The molecule has 3 aliphatic rings. The highest BCUT2D eigenvalue weighted by atomic mass is 35.5. The number of rotatable bonds is 8. The van der Waals surface area contributed by atoms with Crippen LogP contribution in [0.3, 0.4) is 0 Å². The van der Waals surface area contributed by atoms with Crippen LogP contribution in [0.5, 0.6) is 11.5 Å². The summed E-state index contributed by atoms with van der Waals surface area (Å²) in [7, 11) is 0. The average molecular weight is 609 g/mol. The first-order valence-corrected chi connectivity index (χ1v) is 15.3. The van der Waals surface area contributed by atoms with Gasteiger partial charge in [0.2, 0.25) is 0 Å². The van der Waals surface area contributed by atoms with Crippen LogP contribution in [0.2, 0.25) is 10.0 Å². The van der Waals surface area contributed by atoms with Crippen molar-refractivity contribution in [2.24, 2.45) is 10.8 Å². The number of dihydropyridines is 1. The van der Waals surface area contributed by atoms with Crippen molar-refractivity contribution in [3.05, 3.63) is 92.3 Å². The third-order valence-electron chi connectivity index (χ3n) is 8.26. The maximum Gasteiger partial charge on any atom is 0.165 e. The minimum absolute atomic E-state index is 0.0869. The Bertz CT molecular complexity index is 1480. The van der Waals surface area contributed by atoms with E-state index >= 15 is 0 Å². The maximum absolute atomic E-state index is 13.8. The average Bonchev–Trinajstić information content (AvgIpc) is 2.86. The second kappa shape index (κ2) is 11.6. The molecule has 1 N–H and O–H groups in total. The van der Waals surface area contributed by atoms with E-state index < -0.39 is 5.92 Å². The van der Waals surface area contributed by atoms with Gasteiger partial charge in [0, 0.05) is 62.5 Å². The molecule has 0 unspecified atom stereocenters. The Hall–Kier alpha value is -3.02. The topological polar surface area (TPSA) is 64.6 Å². The van der Waals surface area contributed by atoms with Crippen LogP contribution in [0.4, 0.5) is 0 Å². The Balaban J connectivity index is 1.65. The number of allylic oxidation sites excluding steroid dienone is 5. The number of nitrogens with one attached hydrogen (secondary N) is 1. The minimum Gasteiger partial charge on any atom is -0.490 e. The summed E-state index contributed by atoms with van der Waals surface area (Å²) in [5.74, 6) is 0.863. The van der Waals surface area contributed by atoms with Crippen LogP contribution in [-0.4, -0.2) is 18.2 Å². The van der Waals surface area contributed by atoms with E-state index in [9.17, 15) is 9.59 Å². The van der Waals surface area contributed by atoms with E-state index in [1.807, 2.05) is 31.2 Å². The van der Waals surface area contributed by atoms with E-state index in [0.717, 1.165) is 40.9 Å². The van der Waals surface area contributed by atoms with Crippen LogP contribution >= 0.6 is 23.2 Å². The van der Waals surface area contributed by atoms with Crippen LogP contribution in [0, 0.1) is 10.8 Å². The molecule has 0 saturated carbocycles. The number of Topliss-reactive ketones (excluding diaryl/α,β-unsaturated/α-hetero) is 2. The van der Waals surface area contributed by atoms with Gasteiger partial charge in [0.25, 0.3) is 0 Å². The van der Waals surface area contributed by atoms with Crippen molar-refractivity contribution < 1.29 is 19.1 Å². The first kappa shape index (κ1) is 30.4. The number of ether oxygens (including phenoxy) is 2.